The number of benzene rings is 1. The molecule has 0 bridgehead atoms. The Labute approximate surface area is 146 Å². The first kappa shape index (κ1) is 14.6. The molecule has 0 spiro atoms. The number of rotatable bonds is 2. The zero-order valence-electron chi connectivity index (χ0n) is 14.2. The zero-order valence-corrected chi connectivity index (χ0v) is 14.2. The van der Waals surface area contributed by atoms with Gasteiger partial charge in [0.25, 0.3) is 0 Å². The molecule has 0 amide bonds. The van der Waals surface area contributed by atoms with Crippen LogP contribution in [0.3, 0.4) is 0 Å². The molecule has 3 aromatic heterocycles. The van der Waals surface area contributed by atoms with Crippen LogP contribution in [0, 0.1) is 6.92 Å². The molecule has 0 saturated carbocycles. The van der Waals surface area contributed by atoms with Gasteiger partial charge in [-0.25, -0.2) is 4.98 Å². The second kappa shape index (κ2) is 5.67. The van der Waals surface area contributed by atoms with Crippen LogP contribution in [-0.4, -0.2) is 21.5 Å². The van der Waals surface area contributed by atoms with Crippen molar-refractivity contribution in [1.29, 1.82) is 0 Å². The molecular weight excluding hydrogens is 308 g/mol. The smallest absolute Gasteiger partial charge is 0.137 e. The third-order valence-electron chi connectivity index (χ3n) is 5.29. The van der Waals surface area contributed by atoms with Crippen molar-refractivity contribution < 1.29 is 0 Å². The quantitative estimate of drug-likeness (QED) is 0.569. The average molecular weight is 328 g/mol. The minimum atomic E-state index is 0.414. The first-order valence-electron chi connectivity index (χ1n) is 8.85. The number of hydrogen-bond donors (Lipinski definition) is 2. The summed E-state index contributed by atoms with van der Waals surface area (Å²) in [6.45, 7) is 3.21. The zero-order chi connectivity index (χ0) is 16.8. The second-order valence-electron chi connectivity index (χ2n) is 6.90. The van der Waals surface area contributed by atoms with Crippen molar-refractivity contribution in [3.05, 3.63) is 60.2 Å². The van der Waals surface area contributed by atoms with Crippen molar-refractivity contribution in [2.24, 2.45) is 0 Å². The van der Waals surface area contributed by atoms with Crippen molar-refractivity contribution in [2.75, 3.05) is 6.54 Å². The van der Waals surface area contributed by atoms with E-state index >= 15 is 0 Å². The number of fused-ring (bicyclic) bond motifs is 2. The van der Waals surface area contributed by atoms with Crippen LogP contribution in [0.25, 0.3) is 32.9 Å². The van der Waals surface area contributed by atoms with Crippen molar-refractivity contribution in [3.8, 4) is 11.1 Å². The van der Waals surface area contributed by atoms with Crippen LogP contribution < -0.4 is 5.32 Å². The van der Waals surface area contributed by atoms with Crippen LogP contribution in [-0.2, 0) is 0 Å². The van der Waals surface area contributed by atoms with Crippen LogP contribution >= 0.6 is 0 Å². The molecule has 1 aromatic carbocycles. The molecule has 124 valence electrons. The third kappa shape index (κ3) is 2.41. The van der Waals surface area contributed by atoms with Gasteiger partial charge in [0.2, 0.25) is 0 Å². The van der Waals surface area contributed by atoms with Crippen molar-refractivity contribution in [2.45, 2.75) is 25.8 Å². The van der Waals surface area contributed by atoms with E-state index in [0.717, 1.165) is 17.8 Å². The van der Waals surface area contributed by atoms with Gasteiger partial charge in [-0.2, -0.15) is 0 Å². The lowest BCUT2D eigenvalue weighted by Gasteiger charge is -2.16. The van der Waals surface area contributed by atoms with E-state index in [1.54, 1.807) is 0 Å². The fourth-order valence-electron chi connectivity index (χ4n) is 3.92. The fraction of sp³-hybridized carbons (Fsp3) is 0.238. The Bertz CT molecular complexity index is 1070. The van der Waals surface area contributed by atoms with Gasteiger partial charge in [0.15, 0.2) is 0 Å². The van der Waals surface area contributed by atoms with Gasteiger partial charge in [-0.05, 0) is 72.7 Å². The standard InChI is InChI=1S/C21H20N4/c1-13-10-24-21-17(13)9-16(11-25-21)15-7-14-4-6-22-12-19(14)18(8-15)20-3-2-5-23-20/h4,6-12,20,23H,2-3,5H2,1H3,(H,24,25)/t20-/m0/s1. The van der Waals surface area contributed by atoms with Gasteiger partial charge >= 0.3 is 0 Å². The van der Waals surface area contributed by atoms with Crippen molar-refractivity contribution in [3.63, 3.8) is 0 Å². The highest BCUT2D eigenvalue weighted by molar-refractivity contribution is 5.92. The second-order valence-corrected chi connectivity index (χ2v) is 6.90. The summed E-state index contributed by atoms with van der Waals surface area (Å²) < 4.78 is 0. The molecule has 0 unspecified atom stereocenters. The molecule has 0 aliphatic carbocycles. The maximum atomic E-state index is 4.60. The minimum absolute atomic E-state index is 0.414. The first-order chi connectivity index (χ1) is 12.3. The van der Waals surface area contributed by atoms with Crippen LogP contribution in [0.15, 0.2) is 49.1 Å². The van der Waals surface area contributed by atoms with Gasteiger partial charge in [0.1, 0.15) is 5.65 Å². The van der Waals surface area contributed by atoms with Crippen LogP contribution in [0.4, 0.5) is 0 Å². The van der Waals surface area contributed by atoms with E-state index < -0.39 is 0 Å². The summed E-state index contributed by atoms with van der Waals surface area (Å²) >= 11 is 0. The van der Waals surface area contributed by atoms with Gasteiger partial charge in [-0.1, -0.05) is 0 Å². The van der Waals surface area contributed by atoms with E-state index in [-0.39, 0.29) is 0 Å². The topological polar surface area (TPSA) is 53.6 Å². The molecule has 1 aliphatic heterocycles. The van der Waals surface area contributed by atoms with Crippen molar-refractivity contribution >= 4 is 21.8 Å². The Kier molecular flexibility index (Phi) is 3.31. The summed E-state index contributed by atoms with van der Waals surface area (Å²) in [5.74, 6) is 0. The lowest BCUT2D eigenvalue weighted by atomic mass is 9.94. The highest BCUT2D eigenvalue weighted by Crippen LogP contribution is 2.34. The number of hydrogen-bond acceptors (Lipinski definition) is 3. The Morgan fingerprint density at radius 3 is 2.92 bits per heavy atom. The Hall–Kier alpha value is -2.72. The van der Waals surface area contributed by atoms with Gasteiger partial charge in [-0.3, -0.25) is 4.98 Å². The minimum Gasteiger partial charge on any atom is -0.346 e. The van der Waals surface area contributed by atoms with Crippen LogP contribution in [0.2, 0.25) is 0 Å². The number of nitrogens with zero attached hydrogens (tertiary/aromatic N) is 2. The molecule has 1 atom stereocenters. The number of aryl methyl sites for hydroxylation is 1. The molecule has 4 heteroatoms. The van der Waals surface area contributed by atoms with E-state index in [0.29, 0.717) is 6.04 Å². The number of pyridine rings is 2. The highest BCUT2D eigenvalue weighted by Gasteiger charge is 2.19. The van der Waals surface area contributed by atoms with Crippen molar-refractivity contribution in [1.82, 2.24) is 20.3 Å². The summed E-state index contributed by atoms with van der Waals surface area (Å²) in [5.41, 5.74) is 5.91. The largest absolute Gasteiger partial charge is 0.346 e. The molecule has 4 nitrogen and oxygen atoms in total. The molecule has 4 heterocycles. The lowest BCUT2D eigenvalue weighted by molar-refractivity contribution is 0.653. The normalized spacial score (nSPS) is 17.6. The van der Waals surface area contributed by atoms with Crippen LogP contribution in [0.1, 0.15) is 30.0 Å². The van der Waals surface area contributed by atoms with E-state index in [9.17, 15) is 0 Å². The molecule has 5 rings (SSSR count). The summed E-state index contributed by atoms with van der Waals surface area (Å²) in [4.78, 5) is 12.2. The Balaban J connectivity index is 1.73. The first-order valence-corrected chi connectivity index (χ1v) is 8.85. The summed E-state index contributed by atoms with van der Waals surface area (Å²) in [7, 11) is 0. The third-order valence-corrected chi connectivity index (χ3v) is 5.29. The van der Waals surface area contributed by atoms with Gasteiger partial charge in [0.05, 0.1) is 0 Å². The monoisotopic (exact) mass is 328 g/mol. The number of nitrogens with one attached hydrogen (secondary N) is 2. The molecular formula is C21H20N4. The Morgan fingerprint density at radius 2 is 2.04 bits per heavy atom. The summed E-state index contributed by atoms with van der Waals surface area (Å²) in [6, 6.07) is 9.32. The predicted octanol–water partition coefficient (Wildman–Crippen LogP) is 4.51. The highest BCUT2D eigenvalue weighted by atomic mass is 14.9. The Morgan fingerprint density at radius 1 is 1.08 bits per heavy atom. The van der Waals surface area contributed by atoms with Gasteiger partial charge < -0.3 is 10.3 Å². The predicted molar refractivity (Wildman–Crippen MR) is 102 cm³/mol. The molecule has 1 fully saturated rings. The SMILES string of the molecule is Cc1c[nH]c2ncc(-c3cc([C@@H]4CCCN4)c4cnccc4c3)cc12. The molecule has 25 heavy (non-hydrogen) atoms. The maximum absolute atomic E-state index is 4.60. The molecule has 0 radical (unpaired) electrons. The maximum Gasteiger partial charge on any atom is 0.137 e. The van der Waals surface area contributed by atoms with E-state index in [2.05, 4.69) is 51.5 Å². The van der Waals surface area contributed by atoms with Gasteiger partial charge in [-0.15, -0.1) is 0 Å². The number of aromatic amines is 1. The molecule has 1 aliphatic rings. The van der Waals surface area contributed by atoms with E-state index in [1.807, 2.05) is 24.8 Å². The number of H-pyrrole nitrogens is 1. The summed E-state index contributed by atoms with van der Waals surface area (Å²) in [5, 5.41) is 7.30. The average Bonchev–Trinajstić information content (AvgIpc) is 3.31. The molecule has 4 aromatic rings. The number of aromatic nitrogens is 3. The lowest BCUT2D eigenvalue weighted by Crippen LogP contribution is -2.13. The van der Waals surface area contributed by atoms with E-state index in [4.69, 9.17) is 0 Å². The summed E-state index contributed by atoms with van der Waals surface area (Å²) in [6.07, 6.45) is 10.3. The molecule has 1 saturated heterocycles. The van der Waals surface area contributed by atoms with Crippen LogP contribution in [0.5, 0.6) is 0 Å². The molecule has 2 N–H and O–H groups in total. The fourth-order valence-corrected chi connectivity index (χ4v) is 3.92. The van der Waals surface area contributed by atoms with Gasteiger partial charge in [0, 0.05) is 47.2 Å². The van der Waals surface area contributed by atoms with E-state index in [1.165, 1.54) is 45.7 Å².